The Morgan fingerprint density at radius 2 is 1.58 bits per heavy atom. The van der Waals surface area contributed by atoms with Crippen LogP contribution in [0.5, 0.6) is 0 Å². The van der Waals surface area contributed by atoms with Crippen molar-refractivity contribution in [3.8, 4) is 0 Å². The Morgan fingerprint density at radius 1 is 0.879 bits per heavy atom. The first kappa shape index (κ1) is 20.9. The number of carbonyl (C=O) groups is 1. The molecule has 2 atom stereocenters. The standard InChI is InChI=1S/C29H33N3O/c1-31(29(33)25-8-4-10-26-22(25)9-5-17-30-26)18-20-11-13-21(14-12-20)19-32-27-15-16-28(32)24-7-3-2-6-23(24)27/h2-10,17,20-21,27-28H,11-16,18-19H2,1H3/t20?,21?,27-,28-/m0/s1. The van der Waals surface area contributed by atoms with Crippen LogP contribution in [0.2, 0.25) is 0 Å². The molecule has 1 saturated carbocycles. The van der Waals surface area contributed by atoms with Crippen LogP contribution in [0.15, 0.2) is 60.8 Å². The predicted molar refractivity (Wildman–Crippen MR) is 132 cm³/mol. The van der Waals surface area contributed by atoms with Gasteiger partial charge in [0.05, 0.1) is 5.52 Å². The Morgan fingerprint density at radius 3 is 2.30 bits per heavy atom. The van der Waals surface area contributed by atoms with Crippen molar-refractivity contribution in [2.75, 3.05) is 20.1 Å². The van der Waals surface area contributed by atoms with Crippen LogP contribution < -0.4 is 0 Å². The van der Waals surface area contributed by atoms with Crippen molar-refractivity contribution in [2.24, 2.45) is 11.8 Å². The molecular formula is C29H33N3O. The van der Waals surface area contributed by atoms with Crippen molar-refractivity contribution in [1.29, 1.82) is 0 Å². The third kappa shape index (κ3) is 3.74. The molecule has 2 aliphatic heterocycles. The Bertz CT molecular complexity index is 1130. The van der Waals surface area contributed by atoms with Gasteiger partial charge in [-0.2, -0.15) is 0 Å². The zero-order valence-electron chi connectivity index (χ0n) is 19.5. The largest absolute Gasteiger partial charge is 0.341 e. The second-order valence-corrected chi connectivity index (χ2v) is 10.4. The fourth-order valence-corrected chi connectivity index (χ4v) is 6.77. The first-order chi connectivity index (χ1) is 16.2. The first-order valence-electron chi connectivity index (χ1n) is 12.6. The van der Waals surface area contributed by atoms with Crippen LogP contribution in [-0.4, -0.2) is 40.8 Å². The second-order valence-electron chi connectivity index (χ2n) is 10.4. The van der Waals surface area contributed by atoms with E-state index in [1.807, 2.05) is 42.3 Å². The minimum Gasteiger partial charge on any atom is -0.341 e. The quantitative estimate of drug-likeness (QED) is 0.489. The van der Waals surface area contributed by atoms with Gasteiger partial charge >= 0.3 is 0 Å². The summed E-state index contributed by atoms with van der Waals surface area (Å²) in [6.45, 7) is 2.09. The highest BCUT2D eigenvalue weighted by Crippen LogP contribution is 2.53. The summed E-state index contributed by atoms with van der Waals surface area (Å²) in [6, 6.07) is 20.2. The number of hydrogen-bond acceptors (Lipinski definition) is 3. The molecule has 3 aliphatic rings. The molecule has 3 aromatic rings. The maximum absolute atomic E-state index is 13.2. The summed E-state index contributed by atoms with van der Waals surface area (Å²) in [5, 5.41) is 0.946. The molecule has 0 radical (unpaired) electrons. The van der Waals surface area contributed by atoms with E-state index in [4.69, 9.17) is 0 Å². The van der Waals surface area contributed by atoms with E-state index in [0.29, 0.717) is 18.0 Å². The topological polar surface area (TPSA) is 36.4 Å². The predicted octanol–water partition coefficient (Wildman–Crippen LogP) is 6.01. The molecule has 3 heterocycles. The van der Waals surface area contributed by atoms with E-state index in [2.05, 4.69) is 34.1 Å². The smallest absolute Gasteiger partial charge is 0.254 e. The highest BCUT2D eigenvalue weighted by atomic mass is 16.2. The Kier molecular flexibility index (Phi) is 5.41. The molecule has 6 rings (SSSR count). The van der Waals surface area contributed by atoms with Crippen molar-refractivity contribution in [2.45, 2.75) is 50.6 Å². The molecule has 0 spiro atoms. The number of benzene rings is 2. The fourth-order valence-electron chi connectivity index (χ4n) is 6.77. The van der Waals surface area contributed by atoms with Gasteiger partial charge in [-0.3, -0.25) is 14.7 Å². The molecule has 0 unspecified atom stereocenters. The molecule has 1 saturated heterocycles. The van der Waals surface area contributed by atoms with Gasteiger partial charge in [0.25, 0.3) is 5.91 Å². The summed E-state index contributed by atoms with van der Waals surface area (Å²) in [7, 11) is 1.96. The van der Waals surface area contributed by atoms with Crippen LogP contribution in [0, 0.1) is 11.8 Å². The van der Waals surface area contributed by atoms with E-state index in [0.717, 1.165) is 28.9 Å². The average Bonchev–Trinajstić information content (AvgIpc) is 3.40. The van der Waals surface area contributed by atoms with Gasteiger partial charge in [-0.1, -0.05) is 36.4 Å². The summed E-state index contributed by atoms with van der Waals surface area (Å²) in [4.78, 5) is 22.3. The number of pyridine rings is 1. The third-order valence-corrected chi connectivity index (χ3v) is 8.42. The van der Waals surface area contributed by atoms with E-state index in [1.54, 1.807) is 17.3 Å². The molecule has 1 amide bonds. The number of nitrogens with zero attached hydrogens (tertiary/aromatic N) is 3. The SMILES string of the molecule is CN(CC1CCC(CN2[C@H]3CC[C@H]2c2ccccc23)CC1)C(=O)c1cccc2ncccc12. The molecule has 2 fully saturated rings. The summed E-state index contributed by atoms with van der Waals surface area (Å²) >= 11 is 0. The zero-order chi connectivity index (χ0) is 22.4. The molecule has 4 heteroatoms. The van der Waals surface area contributed by atoms with E-state index in [9.17, 15) is 4.79 Å². The lowest BCUT2D eigenvalue weighted by molar-refractivity contribution is 0.0745. The maximum Gasteiger partial charge on any atom is 0.254 e. The molecule has 1 aliphatic carbocycles. The van der Waals surface area contributed by atoms with E-state index in [1.165, 1.54) is 45.1 Å². The number of aromatic nitrogens is 1. The first-order valence-corrected chi connectivity index (χ1v) is 12.6. The summed E-state index contributed by atoms with van der Waals surface area (Å²) < 4.78 is 0. The van der Waals surface area contributed by atoms with Crippen molar-refractivity contribution in [3.63, 3.8) is 0 Å². The number of carbonyl (C=O) groups excluding carboxylic acids is 1. The summed E-state index contributed by atoms with van der Waals surface area (Å²) in [5.74, 6) is 1.52. The van der Waals surface area contributed by atoms with E-state index >= 15 is 0 Å². The van der Waals surface area contributed by atoms with Crippen molar-refractivity contribution in [3.05, 3.63) is 77.5 Å². The third-order valence-electron chi connectivity index (χ3n) is 8.42. The lowest BCUT2D eigenvalue weighted by Gasteiger charge is -2.34. The van der Waals surface area contributed by atoms with Crippen LogP contribution in [0.1, 0.15) is 72.1 Å². The van der Waals surface area contributed by atoms with Crippen LogP contribution >= 0.6 is 0 Å². The molecule has 2 bridgehead atoms. The lowest BCUT2D eigenvalue weighted by Crippen LogP contribution is -2.35. The van der Waals surface area contributed by atoms with Gasteiger partial charge in [0.15, 0.2) is 0 Å². The van der Waals surface area contributed by atoms with Crippen LogP contribution in [0.25, 0.3) is 10.9 Å². The van der Waals surface area contributed by atoms with Gasteiger partial charge < -0.3 is 4.90 Å². The van der Waals surface area contributed by atoms with Gasteiger partial charge in [-0.15, -0.1) is 0 Å². The van der Waals surface area contributed by atoms with Gasteiger partial charge in [-0.05, 0) is 79.7 Å². The molecule has 2 aromatic carbocycles. The number of amides is 1. The summed E-state index contributed by atoms with van der Waals surface area (Å²) in [6.07, 6.45) is 9.48. The van der Waals surface area contributed by atoms with Gasteiger partial charge in [0.1, 0.15) is 0 Å². The minimum absolute atomic E-state index is 0.113. The average molecular weight is 440 g/mol. The molecule has 33 heavy (non-hydrogen) atoms. The molecular weight excluding hydrogens is 406 g/mol. The normalized spacial score (nSPS) is 26.5. The van der Waals surface area contributed by atoms with Gasteiger partial charge in [0, 0.05) is 49.4 Å². The van der Waals surface area contributed by atoms with Crippen LogP contribution in [0.3, 0.4) is 0 Å². The van der Waals surface area contributed by atoms with Crippen molar-refractivity contribution < 1.29 is 4.79 Å². The minimum atomic E-state index is 0.113. The maximum atomic E-state index is 13.2. The highest BCUT2D eigenvalue weighted by molar-refractivity contribution is 6.06. The highest BCUT2D eigenvalue weighted by Gasteiger charge is 2.44. The number of hydrogen-bond donors (Lipinski definition) is 0. The van der Waals surface area contributed by atoms with E-state index < -0.39 is 0 Å². The Balaban J connectivity index is 1.05. The molecule has 0 N–H and O–H groups in total. The molecule has 170 valence electrons. The van der Waals surface area contributed by atoms with Crippen LogP contribution in [0.4, 0.5) is 0 Å². The number of rotatable bonds is 5. The lowest BCUT2D eigenvalue weighted by atomic mass is 9.81. The molecule has 1 aromatic heterocycles. The monoisotopic (exact) mass is 439 g/mol. The van der Waals surface area contributed by atoms with Crippen LogP contribution in [-0.2, 0) is 0 Å². The number of fused-ring (bicyclic) bond motifs is 6. The summed E-state index contributed by atoms with van der Waals surface area (Å²) in [5.41, 5.74) is 4.83. The van der Waals surface area contributed by atoms with E-state index in [-0.39, 0.29) is 5.91 Å². The Hall–Kier alpha value is -2.72. The Labute approximate surface area is 196 Å². The van der Waals surface area contributed by atoms with Gasteiger partial charge in [-0.25, -0.2) is 0 Å². The van der Waals surface area contributed by atoms with Crippen molar-refractivity contribution >= 4 is 16.8 Å². The fraction of sp³-hybridized carbons (Fsp3) is 0.448. The van der Waals surface area contributed by atoms with Crippen molar-refractivity contribution in [1.82, 2.24) is 14.8 Å². The molecule has 4 nitrogen and oxygen atoms in total. The second kappa shape index (κ2) is 8.57. The van der Waals surface area contributed by atoms with Gasteiger partial charge in [0.2, 0.25) is 0 Å². The zero-order valence-corrected chi connectivity index (χ0v) is 19.5.